The summed E-state index contributed by atoms with van der Waals surface area (Å²) in [5, 5.41) is 3.28. The van der Waals surface area contributed by atoms with Crippen molar-refractivity contribution in [3.63, 3.8) is 0 Å². The van der Waals surface area contributed by atoms with E-state index in [4.69, 9.17) is 4.74 Å². The van der Waals surface area contributed by atoms with Crippen LogP contribution in [0.2, 0.25) is 0 Å². The maximum atomic E-state index is 13.5. The standard InChI is InChI=1S/C20H27FN2O3S/c1-4-23(5-2)27(24,25)18-12-10-17(11-13-18)16(3)22-14-15-26-20-9-7-6-8-19(20)21/h6-13,16,22H,4-5,14-15H2,1-3H3. The minimum Gasteiger partial charge on any atom is -0.489 e. The van der Waals surface area contributed by atoms with Crippen molar-refractivity contribution in [2.24, 2.45) is 0 Å². The van der Waals surface area contributed by atoms with Crippen molar-refractivity contribution in [3.05, 3.63) is 59.9 Å². The highest BCUT2D eigenvalue weighted by Crippen LogP contribution is 2.19. The van der Waals surface area contributed by atoms with Crippen LogP contribution in [-0.2, 0) is 10.0 Å². The lowest BCUT2D eigenvalue weighted by molar-refractivity contribution is 0.293. The lowest BCUT2D eigenvalue weighted by Gasteiger charge is -2.19. The van der Waals surface area contributed by atoms with Gasteiger partial charge in [0.25, 0.3) is 0 Å². The molecule has 7 heteroatoms. The number of hydrogen-bond acceptors (Lipinski definition) is 4. The second kappa shape index (κ2) is 9.82. The molecule has 0 fully saturated rings. The van der Waals surface area contributed by atoms with Crippen molar-refractivity contribution in [1.29, 1.82) is 0 Å². The fourth-order valence-electron chi connectivity index (χ4n) is 2.76. The topological polar surface area (TPSA) is 58.6 Å². The van der Waals surface area contributed by atoms with Gasteiger partial charge in [0.05, 0.1) is 4.90 Å². The molecular formula is C20H27FN2O3S. The van der Waals surface area contributed by atoms with Gasteiger partial charge in [0, 0.05) is 25.7 Å². The third kappa shape index (κ3) is 5.51. The van der Waals surface area contributed by atoms with E-state index >= 15 is 0 Å². The number of hydrogen-bond donors (Lipinski definition) is 1. The van der Waals surface area contributed by atoms with E-state index in [9.17, 15) is 12.8 Å². The van der Waals surface area contributed by atoms with E-state index < -0.39 is 10.0 Å². The number of benzene rings is 2. The van der Waals surface area contributed by atoms with Gasteiger partial charge in [-0.2, -0.15) is 4.31 Å². The average Bonchev–Trinajstić information content (AvgIpc) is 2.67. The first-order valence-corrected chi connectivity index (χ1v) is 10.5. The Morgan fingerprint density at radius 2 is 1.70 bits per heavy atom. The van der Waals surface area contributed by atoms with Gasteiger partial charge in [-0.15, -0.1) is 0 Å². The van der Waals surface area contributed by atoms with Crippen LogP contribution in [0.4, 0.5) is 4.39 Å². The summed E-state index contributed by atoms with van der Waals surface area (Å²) < 4.78 is 45.4. The van der Waals surface area contributed by atoms with Crippen LogP contribution >= 0.6 is 0 Å². The van der Waals surface area contributed by atoms with Crippen LogP contribution in [0, 0.1) is 5.82 Å². The van der Waals surface area contributed by atoms with Crippen LogP contribution in [0.15, 0.2) is 53.4 Å². The van der Waals surface area contributed by atoms with Crippen molar-refractivity contribution in [2.45, 2.75) is 31.7 Å². The molecule has 0 aromatic heterocycles. The molecular weight excluding hydrogens is 367 g/mol. The quantitative estimate of drug-likeness (QED) is 0.626. The summed E-state index contributed by atoms with van der Waals surface area (Å²) in [6.07, 6.45) is 0. The molecule has 1 unspecified atom stereocenters. The summed E-state index contributed by atoms with van der Waals surface area (Å²) in [5.74, 6) is -0.145. The first-order valence-electron chi connectivity index (χ1n) is 9.11. The molecule has 1 atom stereocenters. The summed E-state index contributed by atoms with van der Waals surface area (Å²) in [5.41, 5.74) is 0.972. The largest absolute Gasteiger partial charge is 0.489 e. The van der Waals surface area contributed by atoms with Crippen LogP contribution in [0.25, 0.3) is 0 Å². The van der Waals surface area contributed by atoms with E-state index in [1.54, 1.807) is 30.3 Å². The van der Waals surface area contributed by atoms with Crippen LogP contribution in [0.5, 0.6) is 5.75 Å². The van der Waals surface area contributed by atoms with Gasteiger partial charge in [-0.1, -0.05) is 38.1 Å². The molecule has 2 aromatic rings. The smallest absolute Gasteiger partial charge is 0.243 e. The van der Waals surface area contributed by atoms with Gasteiger partial charge in [0.1, 0.15) is 6.61 Å². The van der Waals surface area contributed by atoms with Gasteiger partial charge in [0.2, 0.25) is 10.0 Å². The second-order valence-electron chi connectivity index (χ2n) is 6.11. The van der Waals surface area contributed by atoms with Crippen molar-refractivity contribution in [3.8, 4) is 5.75 Å². The maximum absolute atomic E-state index is 13.5. The van der Waals surface area contributed by atoms with Gasteiger partial charge >= 0.3 is 0 Å². The second-order valence-corrected chi connectivity index (χ2v) is 8.05. The van der Waals surface area contributed by atoms with Gasteiger partial charge in [0.15, 0.2) is 11.6 Å². The molecule has 0 saturated carbocycles. The average molecular weight is 395 g/mol. The fourth-order valence-corrected chi connectivity index (χ4v) is 4.22. The molecule has 2 aromatic carbocycles. The van der Waals surface area contributed by atoms with Gasteiger partial charge in [-0.3, -0.25) is 0 Å². The third-order valence-corrected chi connectivity index (χ3v) is 6.43. The maximum Gasteiger partial charge on any atom is 0.243 e. The minimum absolute atomic E-state index is 0.0134. The predicted octanol–water partition coefficient (Wildman–Crippen LogP) is 3.59. The molecule has 1 N–H and O–H groups in total. The van der Waals surface area contributed by atoms with E-state index in [-0.39, 0.29) is 17.6 Å². The molecule has 0 radical (unpaired) electrons. The van der Waals surface area contributed by atoms with Gasteiger partial charge in [-0.25, -0.2) is 12.8 Å². The summed E-state index contributed by atoms with van der Waals surface area (Å²) >= 11 is 0. The Kier molecular flexibility index (Phi) is 7.77. The van der Waals surface area contributed by atoms with E-state index in [2.05, 4.69) is 5.32 Å². The number of para-hydroxylation sites is 1. The van der Waals surface area contributed by atoms with E-state index in [1.165, 1.54) is 10.4 Å². The minimum atomic E-state index is -3.44. The number of rotatable bonds is 10. The highest BCUT2D eigenvalue weighted by Gasteiger charge is 2.21. The van der Waals surface area contributed by atoms with Crippen molar-refractivity contribution < 1.29 is 17.5 Å². The summed E-state index contributed by atoms with van der Waals surface area (Å²) in [6.45, 7) is 7.39. The molecule has 5 nitrogen and oxygen atoms in total. The number of nitrogens with one attached hydrogen (secondary N) is 1. The SMILES string of the molecule is CCN(CC)S(=O)(=O)c1ccc(C(C)NCCOc2ccccc2F)cc1. The Balaban J connectivity index is 1.90. The Morgan fingerprint density at radius 3 is 2.30 bits per heavy atom. The number of halogens is 1. The number of ether oxygens (including phenoxy) is 1. The van der Waals surface area contributed by atoms with Crippen LogP contribution < -0.4 is 10.1 Å². The first kappa shape index (κ1) is 21.3. The lowest BCUT2D eigenvalue weighted by atomic mass is 10.1. The van der Waals surface area contributed by atoms with Crippen LogP contribution in [0.3, 0.4) is 0 Å². The fraction of sp³-hybridized carbons (Fsp3) is 0.400. The van der Waals surface area contributed by atoms with Crippen molar-refractivity contribution >= 4 is 10.0 Å². The van der Waals surface area contributed by atoms with Gasteiger partial charge in [-0.05, 0) is 36.8 Å². The summed E-state index contributed by atoms with van der Waals surface area (Å²) in [4.78, 5) is 0.296. The molecule has 0 aliphatic carbocycles. The molecule has 0 amide bonds. The Labute approximate surface area is 161 Å². The molecule has 0 aliphatic rings. The van der Waals surface area contributed by atoms with Crippen molar-refractivity contribution in [1.82, 2.24) is 9.62 Å². The zero-order chi connectivity index (χ0) is 19.9. The Hall–Kier alpha value is -1.96. The molecule has 27 heavy (non-hydrogen) atoms. The summed E-state index contributed by atoms with van der Waals surface area (Å²) in [6, 6.07) is 13.2. The summed E-state index contributed by atoms with van der Waals surface area (Å²) in [7, 11) is -3.44. The molecule has 0 saturated heterocycles. The molecule has 0 bridgehead atoms. The van der Waals surface area contributed by atoms with E-state index in [0.29, 0.717) is 31.1 Å². The van der Waals surface area contributed by atoms with E-state index in [1.807, 2.05) is 32.9 Å². The van der Waals surface area contributed by atoms with Crippen LogP contribution in [-0.4, -0.2) is 39.0 Å². The normalized spacial score (nSPS) is 12.9. The predicted molar refractivity (Wildman–Crippen MR) is 105 cm³/mol. The molecule has 0 aliphatic heterocycles. The molecule has 148 valence electrons. The zero-order valence-electron chi connectivity index (χ0n) is 16.0. The zero-order valence-corrected chi connectivity index (χ0v) is 16.8. The highest BCUT2D eigenvalue weighted by molar-refractivity contribution is 7.89. The number of nitrogens with zero attached hydrogens (tertiary/aromatic N) is 1. The highest BCUT2D eigenvalue weighted by atomic mass is 32.2. The lowest BCUT2D eigenvalue weighted by Crippen LogP contribution is -2.30. The molecule has 0 heterocycles. The van der Waals surface area contributed by atoms with Crippen LogP contribution in [0.1, 0.15) is 32.4 Å². The number of sulfonamides is 1. The van der Waals surface area contributed by atoms with Gasteiger partial charge < -0.3 is 10.1 Å². The Bertz CT molecular complexity index is 821. The Morgan fingerprint density at radius 1 is 1.07 bits per heavy atom. The van der Waals surface area contributed by atoms with E-state index in [0.717, 1.165) is 5.56 Å². The third-order valence-electron chi connectivity index (χ3n) is 4.37. The van der Waals surface area contributed by atoms with Crippen molar-refractivity contribution in [2.75, 3.05) is 26.2 Å². The molecule has 0 spiro atoms. The first-order chi connectivity index (χ1) is 12.9. The molecule has 2 rings (SSSR count). The monoisotopic (exact) mass is 394 g/mol.